The molecular formula is C14H13NO6S. The lowest BCUT2D eigenvalue weighted by Crippen LogP contribution is -2.27. The van der Waals surface area contributed by atoms with Crippen LogP contribution in [0.1, 0.15) is 11.0 Å². The van der Waals surface area contributed by atoms with E-state index in [2.05, 4.69) is 4.74 Å². The Kier molecular flexibility index (Phi) is 5.18. The molecule has 0 aliphatic carbocycles. The highest BCUT2D eigenvalue weighted by molar-refractivity contribution is 7.99. The van der Waals surface area contributed by atoms with Crippen LogP contribution in [0, 0.1) is 10.1 Å². The Balaban J connectivity index is 2.36. The van der Waals surface area contributed by atoms with Crippen LogP contribution < -0.4 is 0 Å². The maximum absolute atomic E-state index is 11.6. The van der Waals surface area contributed by atoms with Gasteiger partial charge in [-0.15, -0.1) is 11.8 Å². The molecule has 0 spiro atoms. The van der Waals surface area contributed by atoms with E-state index in [1.165, 1.54) is 12.3 Å². The van der Waals surface area contributed by atoms with Crippen LogP contribution in [0.25, 0.3) is 0 Å². The van der Waals surface area contributed by atoms with Gasteiger partial charge in [-0.2, -0.15) is 0 Å². The fourth-order valence-corrected chi connectivity index (χ4v) is 3.00. The number of para-hydroxylation sites is 1. The van der Waals surface area contributed by atoms with Gasteiger partial charge in [0.15, 0.2) is 6.10 Å². The molecule has 22 heavy (non-hydrogen) atoms. The molecule has 1 aromatic heterocycles. The van der Waals surface area contributed by atoms with Crippen molar-refractivity contribution in [3.63, 3.8) is 0 Å². The largest absolute Gasteiger partial charge is 0.468 e. The van der Waals surface area contributed by atoms with Gasteiger partial charge < -0.3 is 14.3 Å². The van der Waals surface area contributed by atoms with Crippen LogP contribution in [0.4, 0.5) is 5.69 Å². The third-order valence-electron chi connectivity index (χ3n) is 2.87. The van der Waals surface area contributed by atoms with Crippen molar-refractivity contribution in [2.75, 3.05) is 7.11 Å². The van der Waals surface area contributed by atoms with Crippen LogP contribution >= 0.6 is 11.8 Å². The molecule has 2 rings (SSSR count). The van der Waals surface area contributed by atoms with Gasteiger partial charge in [-0.25, -0.2) is 4.79 Å². The molecule has 0 radical (unpaired) electrons. The molecule has 1 N–H and O–H groups in total. The topological polar surface area (TPSA) is 103 Å². The van der Waals surface area contributed by atoms with Gasteiger partial charge in [0.25, 0.3) is 5.69 Å². The molecule has 2 atom stereocenters. The standard InChI is InChI=1S/C14H13NO6S/c1-20-14(17)12(16)13(10-6-4-8-21-10)22-11-7-3-2-5-9(11)15(18)19/h2-8,12-13,16H,1H3. The predicted octanol–water partition coefficient (Wildman–Crippen LogP) is 2.56. The van der Waals surface area contributed by atoms with Crippen LogP contribution in [0.2, 0.25) is 0 Å². The molecule has 0 aliphatic rings. The van der Waals surface area contributed by atoms with Crippen molar-refractivity contribution in [3.8, 4) is 0 Å². The second kappa shape index (κ2) is 7.10. The molecule has 116 valence electrons. The Morgan fingerprint density at radius 2 is 2.09 bits per heavy atom. The van der Waals surface area contributed by atoms with Crippen molar-refractivity contribution in [2.24, 2.45) is 0 Å². The lowest BCUT2D eigenvalue weighted by atomic mass is 10.2. The molecule has 8 heteroatoms. The van der Waals surface area contributed by atoms with E-state index in [1.807, 2.05) is 0 Å². The van der Waals surface area contributed by atoms with E-state index in [0.29, 0.717) is 10.7 Å². The minimum Gasteiger partial charge on any atom is -0.468 e. The van der Waals surface area contributed by atoms with Gasteiger partial charge in [0.2, 0.25) is 0 Å². The van der Waals surface area contributed by atoms with Gasteiger partial charge >= 0.3 is 5.97 Å². The zero-order valence-electron chi connectivity index (χ0n) is 11.5. The Bertz CT molecular complexity index is 657. The molecule has 0 aliphatic heterocycles. The first-order valence-electron chi connectivity index (χ1n) is 6.24. The summed E-state index contributed by atoms with van der Waals surface area (Å²) in [5.41, 5.74) is -0.110. The van der Waals surface area contributed by atoms with E-state index >= 15 is 0 Å². The minimum absolute atomic E-state index is 0.110. The smallest absolute Gasteiger partial charge is 0.336 e. The number of hydrogen-bond acceptors (Lipinski definition) is 7. The molecule has 1 heterocycles. The average Bonchev–Trinajstić information content (AvgIpc) is 3.05. The van der Waals surface area contributed by atoms with Crippen molar-refractivity contribution in [1.29, 1.82) is 0 Å². The number of thioether (sulfide) groups is 1. The van der Waals surface area contributed by atoms with Crippen LogP contribution in [0.5, 0.6) is 0 Å². The summed E-state index contributed by atoms with van der Waals surface area (Å²) in [5, 5.41) is 20.3. The number of furan rings is 1. The summed E-state index contributed by atoms with van der Waals surface area (Å²) < 4.78 is 9.75. The van der Waals surface area contributed by atoms with E-state index in [9.17, 15) is 20.0 Å². The van der Waals surface area contributed by atoms with Crippen molar-refractivity contribution < 1.29 is 24.0 Å². The zero-order chi connectivity index (χ0) is 16.1. The first-order valence-corrected chi connectivity index (χ1v) is 7.12. The number of rotatable bonds is 6. The highest BCUT2D eigenvalue weighted by atomic mass is 32.2. The number of nitrogens with zero attached hydrogens (tertiary/aromatic N) is 1. The number of aliphatic hydroxyl groups is 1. The molecule has 2 aromatic rings. The molecule has 0 amide bonds. The number of nitro benzene ring substituents is 1. The molecule has 0 saturated carbocycles. The van der Waals surface area contributed by atoms with Crippen LogP contribution in [0.3, 0.4) is 0 Å². The second-order valence-electron chi connectivity index (χ2n) is 4.25. The monoisotopic (exact) mass is 323 g/mol. The maximum atomic E-state index is 11.6. The van der Waals surface area contributed by atoms with Crippen molar-refractivity contribution in [3.05, 3.63) is 58.5 Å². The number of methoxy groups -OCH3 is 1. The summed E-state index contributed by atoms with van der Waals surface area (Å²) in [5.74, 6) is -0.520. The maximum Gasteiger partial charge on any atom is 0.336 e. The van der Waals surface area contributed by atoms with Gasteiger partial charge in [-0.1, -0.05) is 12.1 Å². The SMILES string of the molecule is COC(=O)C(O)C(Sc1ccccc1[N+](=O)[O-])c1ccco1. The van der Waals surface area contributed by atoms with Gasteiger partial charge in [0.1, 0.15) is 11.0 Å². The lowest BCUT2D eigenvalue weighted by Gasteiger charge is -2.18. The Morgan fingerprint density at radius 3 is 2.68 bits per heavy atom. The molecule has 0 fully saturated rings. The minimum atomic E-state index is -1.51. The number of carbonyl (C=O) groups is 1. The highest BCUT2D eigenvalue weighted by Crippen LogP contribution is 2.42. The molecular weight excluding hydrogens is 310 g/mol. The molecule has 0 bridgehead atoms. The van der Waals surface area contributed by atoms with Gasteiger partial charge in [-0.05, 0) is 18.2 Å². The van der Waals surface area contributed by atoms with Gasteiger partial charge in [0, 0.05) is 6.07 Å². The summed E-state index contributed by atoms with van der Waals surface area (Å²) in [4.78, 5) is 22.5. The first-order chi connectivity index (χ1) is 10.5. The van der Waals surface area contributed by atoms with Crippen molar-refractivity contribution in [1.82, 2.24) is 0 Å². The van der Waals surface area contributed by atoms with E-state index < -0.39 is 22.2 Å². The summed E-state index contributed by atoms with van der Waals surface area (Å²) in [6, 6.07) is 9.26. The summed E-state index contributed by atoms with van der Waals surface area (Å²) >= 11 is 0.967. The fourth-order valence-electron chi connectivity index (χ4n) is 1.82. The van der Waals surface area contributed by atoms with Gasteiger partial charge in [-0.3, -0.25) is 10.1 Å². The van der Waals surface area contributed by atoms with Crippen LogP contribution in [-0.2, 0) is 9.53 Å². The first kappa shape index (κ1) is 16.1. The van der Waals surface area contributed by atoms with Crippen molar-refractivity contribution >= 4 is 23.4 Å². The molecule has 7 nitrogen and oxygen atoms in total. The molecule has 1 aromatic carbocycles. The molecule has 2 unspecified atom stereocenters. The van der Waals surface area contributed by atoms with Gasteiger partial charge in [0.05, 0.1) is 23.2 Å². The summed E-state index contributed by atoms with van der Waals surface area (Å²) in [6.45, 7) is 0. The second-order valence-corrected chi connectivity index (χ2v) is 5.43. The quantitative estimate of drug-likeness (QED) is 0.377. The van der Waals surface area contributed by atoms with E-state index in [-0.39, 0.29) is 5.69 Å². The zero-order valence-corrected chi connectivity index (χ0v) is 12.4. The number of aliphatic hydroxyl groups excluding tert-OH is 1. The summed E-state index contributed by atoms with van der Waals surface area (Å²) in [7, 11) is 1.15. The Morgan fingerprint density at radius 1 is 1.36 bits per heavy atom. The van der Waals surface area contributed by atoms with Crippen LogP contribution in [0.15, 0.2) is 52.0 Å². The van der Waals surface area contributed by atoms with E-state index in [4.69, 9.17) is 4.42 Å². The molecule has 0 saturated heterocycles. The van der Waals surface area contributed by atoms with E-state index in [0.717, 1.165) is 18.9 Å². The number of hydrogen-bond donors (Lipinski definition) is 1. The van der Waals surface area contributed by atoms with Crippen LogP contribution in [-0.4, -0.2) is 29.2 Å². The fraction of sp³-hybridized carbons (Fsp3) is 0.214. The normalized spacial score (nSPS) is 13.4. The predicted molar refractivity (Wildman–Crippen MR) is 78.4 cm³/mol. The lowest BCUT2D eigenvalue weighted by molar-refractivity contribution is -0.387. The number of carbonyl (C=O) groups excluding carboxylic acids is 1. The highest BCUT2D eigenvalue weighted by Gasteiger charge is 2.33. The van der Waals surface area contributed by atoms with E-state index in [1.54, 1.807) is 30.3 Å². The third-order valence-corrected chi connectivity index (χ3v) is 4.21. The Labute approximate surface area is 130 Å². The van der Waals surface area contributed by atoms with Crippen molar-refractivity contribution in [2.45, 2.75) is 16.2 Å². The Hall–Kier alpha value is -2.32. The number of benzene rings is 1. The summed E-state index contributed by atoms with van der Waals surface area (Å²) in [6.07, 6.45) is -0.118. The third kappa shape index (κ3) is 3.46. The number of esters is 1. The number of ether oxygens (including phenoxy) is 1. The average molecular weight is 323 g/mol. The number of nitro groups is 1.